The fourth-order valence-electron chi connectivity index (χ4n) is 5.42. The first kappa shape index (κ1) is 27.9. The SMILES string of the molecule is COc1cc[n+](-c2nc3cc4c(cc3[nH]2)C(C)(C)C(=O)C4(C)C)c(CCCCCC(S)S)c1C.[Cl-]. The van der Waals surface area contributed by atoms with Crippen LogP contribution >= 0.6 is 25.3 Å². The standard InChI is InChI=1S/C27H35N3O2S2.ClH/c1-16-21(10-8-7-9-11-23(33)34)30(13-12-22(16)32-6)25-28-19-14-17-18(15-20(19)29-25)27(4,5)24(31)26(17,2)3;/h12-15,23H,7-11H2,1-6H3,(H2-,28,29,33,34);1H. The second-order valence-electron chi connectivity index (χ2n) is 10.5. The number of carbonyl (C=O) groups excluding carboxylic acids is 1. The van der Waals surface area contributed by atoms with Crippen LogP contribution < -0.4 is 21.7 Å². The molecular formula is C27H36ClN3O2S2. The molecule has 2 aromatic heterocycles. The van der Waals surface area contributed by atoms with E-state index in [1.165, 1.54) is 5.69 Å². The van der Waals surface area contributed by atoms with Crippen molar-refractivity contribution >= 4 is 42.1 Å². The second-order valence-corrected chi connectivity index (χ2v) is 12.1. The Morgan fingerprint density at radius 1 is 1.09 bits per heavy atom. The van der Waals surface area contributed by atoms with Crippen molar-refractivity contribution in [2.24, 2.45) is 0 Å². The number of ether oxygens (including phenoxy) is 1. The largest absolute Gasteiger partial charge is 1.00 e. The van der Waals surface area contributed by atoms with E-state index in [1.807, 2.05) is 40.0 Å². The lowest BCUT2D eigenvalue weighted by atomic mass is 9.80. The molecule has 2 heterocycles. The molecule has 0 fully saturated rings. The summed E-state index contributed by atoms with van der Waals surface area (Å²) in [4.78, 5) is 21.5. The predicted molar refractivity (Wildman–Crippen MR) is 144 cm³/mol. The van der Waals surface area contributed by atoms with Crippen LogP contribution in [0.4, 0.5) is 0 Å². The summed E-state index contributed by atoms with van der Waals surface area (Å²) in [6.07, 6.45) is 7.27. The van der Waals surface area contributed by atoms with Gasteiger partial charge in [0.05, 0.1) is 19.0 Å². The summed E-state index contributed by atoms with van der Waals surface area (Å²) in [6, 6.07) is 6.21. The van der Waals surface area contributed by atoms with Crippen molar-refractivity contribution in [1.29, 1.82) is 0 Å². The van der Waals surface area contributed by atoms with Crippen molar-refractivity contribution in [2.75, 3.05) is 7.11 Å². The summed E-state index contributed by atoms with van der Waals surface area (Å²) >= 11 is 8.73. The van der Waals surface area contributed by atoms with Gasteiger partial charge in [0.2, 0.25) is 0 Å². The first-order chi connectivity index (χ1) is 16.0. The number of halogens is 1. The number of thiol groups is 2. The van der Waals surface area contributed by atoms with Crippen molar-refractivity contribution < 1.29 is 26.5 Å². The molecule has 0 aliphatic heterocycles. The Bertz CT molecular complexity index is 1200. The monoisotopic (exact) mass is 533 g/mol. The molecule has 190 valence electrons. The lowest BCUT2D eigenvalue weighted by Crippen LogP contribution is -3.00. The number of pyridine rings is 1. The molecule has 1 aliphatic rings. The van der Waals surface area contributed by atoms with E-state index in [0.717, 1.165) is 71.5 Å². The molecule has 35 heavy (non-hydrogen) atoms. The van der Waals surface area contributed by atoms with E-state index in [0.29, 0.717) is 0 Å². The Kier molecular flexibility index (Phi) is 8.24. The van der Waals surface area contributed by atoms with Gasteiger partial charge in [0.1, 0.15) is 11.3 Å². The van der Waals surface area contributed by atoms with E-state index in [1.54, 1.807) is 7.11 Å². The second kappa shape index (κ2) is 10.3. The third-order valence-corrected chi connectivity index (χ3v) is 7.90. The highest BCUT2D eigenvalue weighted by atomic mass is 35.5. The number of aromatic amines is 1. The maximum Gasteiger partial charge on any atom is 0.402 e. The summed E-state index contributed by atoms with van der Waals surface area (Å²) in [7, 11) is 1.71. The summed E-state index contributed by atoms with van der Waals surface area (Å²) in [6.45, 7) is 10.2. The smallest absolute Gasteiger partial charge is 0.402 e. The van der Waals surface area contributed by atoms with Crippen molar-refractivity contribution in [2.45, 2.75) is 82.1 Å². The number of benzene rings is 1. The number of aromatic nitrogens is 3. The van der Waals surface area contributed by atoms with Crippen LogP contribution in [0.3, 0.4) is 0 Å². The number of hydrogen-bond acceptors (Lipinski definition) is 5. The van der Waals surface area contributed by atoms with Gasteiger partial charge in [0.15, 0.2) is 11.3 Å². The van der Waals surface area contributed by atoms with Gasteiger partial charge in [-0.15, -0.1) is 0 Å². The van der Waals surface area contributed by atoms with Gasteiger partial charge in [-0.3, -0.25) is 4.79 Å². The number of H-pyrrole nitrogens is 1. The molecule has 4 rings (SSSR count). The number of unbranched alkanes of at least 4 members (excludes halogenated alkanes) is 2. The number of hydrogen-bond donors (Lipinski definition) is 3. The van der Waals surface area contributed by atoms with Crippen molar-refractivity contribution in [3.05, 3.63) is 46.8 Å². The number of fused-ring (bicyclic) bond motifs is 2. The lowest BCUT2D eigenvalue weighted by molar-refractivity contribution is -0.612. The van der Waals surface area contributed by atoms with Crippen LogP contribution in [0, 0.1) is 6.92 Å². The minimum atomic E-state index is -0.514. The fourth-order valence-corrected chi connectivity index (χ4v) is 5.79. The number of Topliss-reactive ketones (excluding diaryl/α,β-unsaturated/α-hetero) is 1. The quantitative estimate of drug-likeness (QED) is 0.180. The third kappa shape index (κ3) is 4.96. The summed E-state index contributed by atoms with van der Waals surface area (Å²) in [5.74, 6) is 1.92. The fraction of sp³-hybridized carbons (Fsp3) is 0.519. The molecule has 1 aromatic carbocycles. The van der Waals surface area contributed by atoms with Crippen LogP contribution in [0.1, 0.15) is 75.8 Å². The van der Waals surface area contributed by atoms with Gasteiger partial charge in [-0.25, -0.2) is 9.55 Å². The molecule has 3 aromatic rings. The summed E-state index contributed by atoms with van der Waals surface area (Å²) in [5, 5.41) is 0. The lowest BCUT2D eigenvalue weighted by Gasteiger charge is -2.21. The van der Waals surface area contributed by atoms with E-state index in [9.17, 15) is 4.79 Å². The Morgan fingerprint density at radius 3 is 2.37 bits per heavy atom. The van der Waals surface area contributed by atoms with E-state index >= 15 is 0 Å². The number of ketones is 1. The number of nitrogens with one attached hydrogen (secondary N) is 1. The van der Waals surface area contributed by atoms with E-state index < -0.39 is 10.8 Å². The van der Waals surface area contributed by atoms with Gasteiger partial charge in [-0.2, -0.15) is 25.3 Å². The van der Waals surface area contributed by atoms with Gasteiger partial charge < -0.3 is 17.1 Å². The average molecular weight is 534 g/mol. The van der Waals surface area contributed by atoms with Crippen LogP contribution in [0.15, 0.2) is 24.4 Å². The predicted octanol–water partition coefficient (Wildman–Crippen LogP) is 2.59. The van der Waals surface area contributed by atoms with Crippen LogP contribution in [0.5, 0.6) is 5.75 Å². The molecule has 0 saturated heterocycles. The Hall–Kier alpha value is -1.70. The van der Waals surface area contributed by atoms with E-state index in [4.69, 9.17) is 9.72 Å². The van der Waals surface area contributed by atoms with Gasteiger partial charge in [-0.05, 0) is 70.7 Å². The van der Waals surface area contributed by atoms with E-state index in [-0.39, 0.29) is 22.8 Å². The minimum Gasteiger partial charge on any atom is -1.00 e. The highest BCUT2D eigenvalue weighted by Gasteiger charge is 2.50. The number of methoxy groups -OCH3 is 1. The Morgan fingerprint density at radius 2 is 1.74 bits per heavy atom. The Labute approximate surface area is 225 Å². The number of imidazole rings is 1. The average Bonchev–Trinajstić information content (AvgIpc) is 3.25. The zero-order valence-corrected chi connectivity index (χ0v) is 24.0. The maximum atomic E-state index is 13.1. The molecular weight excluding hydrogens is 498 g/mol. The van der Waals surface area contributed by atoms with E-state index in [2.05, 4.69) is 53.9 Å². The molecule has 0 unspecified atom stereocenters. The zero-order chi connectivity index (χ0) is 24.8. The van der Waals surface area contributed by atoms with Crippen molar-refractivity contribution in [1.82, 2.24) is 9.97 Å². The zero-order valence-electron chi connectivity index (χ0n) is 21.4. The third-order valence-electron chi connectivity index (χ3n) is 7.38. The normalized spacial score (nSPS) is 16.0. The molecule has 0 saturated carbocycles. The van der Waals surface area contributed by atoms with Crippen LogP contribution in [0.2, 0.25) is 0 Å². The molecule has 0 atom stereocenters. The molecule has 1 aliphatic carbocycles. The first-order valence-electron chi connectivity index (χ1n) is 12.0. The molecule has 0 bridgehead atoms. The van der Waals surface area contributed by atoms with Crippen LogP contribution in [-0.2, 0) is 22.0 Å². The summed E-state index contributed by atoms with van der Waals surface area (Å²) in [5.41, 5.74) is 5.30. The van der Waals surface area contributed by atoms with Gasteiger partial charge in [0.25, 0.3) is 0 Å². The molecule has 0 amide bonds. The van der Waals surface area contributed by atoms with Crippen LogP contribution in [-0.4, -0.2) is 27.4 Å². The van der Waals surface area contributed by atoms with Gasteiger partial charge in [-0.1, -0.05) is 17.8 Å². The van der Waals surface area contributed by atoms with Gasteiger partial charge >= 0.3 is 5.95 Å². The molecule has 8 heteroatoms. The topological polar surface area (TPSA) is 58.9 Å². The number of nitrogens with zero attached hydrogens (tertiary/aromatic N) is 2. The van der Waals surface area contributed by atoms with Crippen LogP contribution in [0.25, 0.3) is 17.0 Å². The molecule has 1 N–H and O–H groups in total. The van der Waals surface area contributed by atoms with Crippen molar-refractivity contribution in [3.8, 4) is 11.7 Å². The molecule has 5 nitrogen and oxygen atoms in total. The van der Waals surface area contributed by atoms with Crippen molar-refractivity contribution in [3.63, 3.8) is 0 Å². The summed E-state index contributed by atoms with van der Waals surface area (Å²) < 4.78 is 7.90. The molecule has 0 spiro atoms. The number of rotatable bonds is 8. The maximum absolute atomic E-state index is 13.1. The highest BCUT2D eigenvalue weighted by molar-refractivity contribution is 7.99. The van der Waals surface area contributed by atoms with Gasteiger partial charge in [0, 0.05) is 33.5 Å². The first-order valence-corrected chi connectivity index (χ1v) is 13.1. The Balaban J connectivity index is 0.00000342. The minimum absolute atomic E-state index is 0. The highest BCUT2D eigenvalue weighted by Crippen LogP contribution is 2.47. The molecule has 0 radical (unpaired) electrons. The number of carbonyl (C=O) groups is 1.